The van der Waals surface area contributed by atoms with Gasteiger partial charge in [0.25, 0.3) is 0 Å². The molecule has 0 atom stereocenters. The van der Waals surface area contributed by atoms with E-state index in [4.69, 9.17) is 5.11 Å². The van der Waals surface area contributed by atoms with Crippen molar-refractivity contribution in [3.63, 3.8) is 0 Å². The highest BCUT2D eigenvalue weighted by atomic mass is 16.4. The van der Waals surface area contributed by atoms with E-state index in [-0.39, 0.29) is 0 Å². The standard InChI is InChI=1S/C22H38O2/c1-2-3-4-5-6-7-8-9-10-11-12-13-14-15-16-17-18-19-20-21-22(23)24/h3-4,18-21H,2,5-17H2,1H3,(H,23,24). The molecule has 0 aliphatic rings. The minimum atomic E-state index is -0.885. The molecule has 0 rings (SSSR count). The van der Waals surface area contributed by atoms with Gasteiger partial charge in [-0.15, -0.1) is 0 Å². The molecule has 0 fully saturated rings. The van der Waals surface area contributed by atoms with Gasteiger partial charge in [-0.25, -0.2) is 4.79 Å². The monoisotopic (exact) mass is 334 g/mol. The fraction of sp³-hybridized carbons (Fsp3) is 0.682. The molecule has 0 aromatic rings. The van der Waals surface area contributed by atoms with Gasteiger partial charge >= 0.3 is 5.97 Å². The Labute approximate surface area is 149 Å². The Morgan fingerprint density at radius 3 is 1.58 bits per heavy atom. The van der Waals surface area contributed by atoms with Crippen LogP contribution in [0.4, 0.5) is 0 Å². The van der Waals surface area contributed by atoms with Crippen molar-refractivity contribution >= 4 is 5.97 Å². The molecule has 138 valence electrons. The third kappa shape index (κ3) is 20.7. The van der Waals surface area contributed by atoms with Gasteiger partial charge in [0.05, 0.1) is 0 Å². The Morgan fingerprint density at radius 2 is 1.12 bits per heavy atom. The molecule has 2 nitrogen and oxygen atoms in total. The first-order chi connectivity index (χ1) is 11.8. The summed E-state index contributed by atoms with van der Waals surface area (Å²) in [5.41, 5.74) is 0. The lowest BCUT2D eigenvalue weighted by atomic mass is 10.0. The van der Waals surface area contributed by atoms with Crippen molar-refractivity contribution in [3.05, 3.63) is 36.5 Å². The second kappa shape index (κ2) is 19.7. The SMILES string of the molecule is CCC=CCCCCCCCCCCCCCC=CC=CC(=O)O. The Bertz CT molecular complexity index is 353. The summed E-state index contributed by atoms with van der Waals surface area (Å²) in [7, 11) is 0. The average Bonchev–Trinajstić information content (AvgIpc) is 2.56. The molecule has 24 heavy (non-hydrogen) atoms. The molecular formula is C22H38O2. The molecule has 0 heterocycles. The number of carboxylic acid groups (broad SMARTS) is 1. The van der Waals surface area contributed by atoms with Gasteiger partial charge in [-0.1, -0.05) is 95.1 Å². The molecule has 0 spiro atoms. The van der Waals surface area contributed by atoms with E-state index >= 15 is 0 Å². The third-order valence-electron chi connectivity index (χ3n) is 4.13. The van der Waals surface area contributed by atoms with Crippen molar-refractivity contribution in [2.75, 3.05) is 0 Å². The topological polar surface area (TPSA) is 37.3 Å². The van der Waals surface area contributed by atoms with Crippen molar-refractivity contribution < 1.29 is 9.90 Å². The number of carbonyl (C=O) groups is 1. The van der Waals surface area contributed by atoms with Crippen molar-refractivity contribution in [2.45, 2.75) is 96.8 Å². The number of rotatable bonds is 17. The zero-order chi connectivity index (χ0) is 17.7. The summed E-state index contributed by atoms with van der Waals surface area (Å²) >= 11 is 0. The van der Waals surface area contributed by atoms with E-state index in [1.807, 2.05) is 6.08 Å². The van der Waals surface area contributed by atoms with Crippen molar-refractivity contribution in [1.29, 1.82) is 0 Å². The number of unbranched alkanes of at least 4 members (excludes halogenated alkanes) is 12. The van der Waals surface area contributed by atoms with Crippen molar-refractivity contribution in [2.24, 2.45) is 0 Å². The quantitative estimate of drug-likeness (QED) is 0.132. The van der Waals surface area contributed by atoms with Gasteiger partial charge in [-0.3, -0.25) is 0 Å². The van der Waals surface area contributed by atoms with Crippen LogP contribution < -0.4 is 0 Å². The molecule has 0 aliphatic heterocycles. The van der Waals surface area contributed by atoms with Crippen molar-refractivity contribution in [3.8, 4) is 0 Å². The van der Waals surface area contributed by atoms with Gasteiger partial charge in [-0.2, -0.15) is 0 Å². The summed E-state index contributed by atoms with van der Waals surface area (Å²) in [5, 5.41) is 8.43. The lowest BCUT2D eigenvalue weighted by Gasteiger charge is -2.02. The average molecular weight is 335 g/mol. The van der Waals surface area contributed by atoms with Crippen LogP contribution in [0.5, 0.6) is 0 Å². The highest BCUT2D eigenvalue weighted by molar-refractivity contribution is 5.80. The minimum Gasteiger partial charge on any atom is -0.478 e. The predicted molar refractivity (Wildman–Crippen MR) is 105 cm³/mol. The molecule has 0 bridgehead atoms. The number of hydrogen-bond donors (Lipinski definition) is 1. The lowest BCUT2D eigenvalue weighted by molar-refractivity contribution is -0.131. The fourth-order valence-electron chi connectivity index (χ4n) is 2.71. The van der Waals surface area contributed by atoms with E-state index in [1.54, 1.807) is 6.08 Å². The maximum Gasteiger partial charge on any atom is 0.328 e. The summed E-state index contributed by atoms with van der Waals surface area (Å²) in [5.74, 6) is -0.885. The molecule has 0 aromatic heterocycles. The van der Waals surface area contributed by atoms with Gasteiger partial charge < -0.3 is 5.11 Å². The van der Waals surface area contributed by atoms with Crippen LogP contribution in [0.25, 0.3) is 0 Å². The zero-order valence-electron chi connectivity index (χ0n) is 15.7. The smallest absolute Gasteiger partial charge is 0.328 e. The largest absolute Gasteiger partial charge is 0.478 e. The van der Waals surface area contributed by atoms with Gasteiger partial charge in [0.2, 0.25) is 0 Å². The van der Waals surface area contributed by atoms with Gasteiger partial charge in [0.15, 0.2) is 0 Å². The van der Waals surface area contributed by atoms with Crippen LogP contribution in [0, 0.1) is 0 Å². The van der Waals surface area contributed by atoms with Gasteiger partial charge in [0, 0.05) is 6.08 Å². The maximum absolute atomic E-state index is 10.3. The Morgan fingerprint density at radius 1 is 0.667 bits per heavy atom. The van der Waals surface area contributed by atoms with Gasteiger partial charge in [0.1, 0.15) is 0 Å². The second-order valence-corrected chi connectivity index (χ2v) is 6.47. The first-order valence-corrected chi connectivity index (χ1v) is 9.98. The molecule has 1 N–H and O–H groups in total. The lowest BCUT2D eigenvalue weighted by Crippen LogP contribution is -1.84. The number of hydrogen-bond acceptors (Lipinski definition) is 1. The van der Waals surface area contributed by atoms with Crippen molar-refractivity contribution in [1.82, 2.24) is 0 Å². The van der Waals surface area contributed by atoms with Crippen LogP contribution in [-0.2, 0) is 4.79 Å². The highest BCUT2D eigenvalue weighted by Gasteiger charge is 1.93. The predicted octanol–water partition coefficient (Wildman–Crippen LogP) is 7.22. The summed E-state index contributed by atoms with van der Waals surface area (Å²) < 4.78 is 0. The van der Waals surface area contributed by atoms with Crippen LogP contribution in [0.3, 0.4) is 0 Å². The summed E-state index contributed by atoms with van der Waals surface area (Å²) in [6.45, 7) is 2.19. The minimum absolute atomic E-state index is 0.885. The zero-order valence-corrected chi connectivity index (χ0v) is 15.7. The van der Waals surface area contributed by atoms with E-state index < -0.39 is 5.97 Å². The normalized spacial score (nSPS) is 12.0. The number of aliphatic carboxylic acids is 1. The van der Waals surface area contributed by atoms with Crippen LogP contribution in [-0.4, -0.2) is 11.1 Å². The number of carboxylic acids is 1. The maximum atomic E-state index is 10.3. The Hall–Kier alpha value is -1.31. The summed E-state index contributed by atoms with van der Waals surface area (Å²) in [6.07, 6.45) is 29.7. The molecule has 2 heteroatoms. The van der Waals surface area contributed by atoms with E-state index in [9.17, 15) is 4.79 Å². The fourth-order valence-corrected chi connectivity index (χ4v) is 2.71. The number of allylic oxidation sites excluding steroid dienone is 5. The first-order valence-electron chi connectivity index (χ1n) is 9.98. The molecule has 0 amide bonds. The Kier molecular flexibility index (Phi) is 18.7. The molecular weight excluding hydrogens is 296 g/mol. The molecule has 0 saturated heterocycles. The molecule has 0 aromatic carbocycles. The highest BCUT2D eigenvalue weighted by Crippen LogP contribution is 2.12. The van der Waals surface area contributed by atoms with Crippen LogP contribution in [0.1, 0.15) is 96.8 Å². The van der Waals surface area contributed by atoms with Crippen LogP contribution >= 0.6 is 0 Å². The van der Waals surface area contributed by atoms with E-state index in [2.05, 4.69) is 25.2 Å². The molecule has 0 unspecified atom stereocenters. The second-order valence-electron chi connectivity index (χ2n) is 6.47. The summed E-state index contributed by atoms with van der Waals surface area (Å²) in [4.78, 5) is 10.3. The van der Waals surface area contributed by atoms with Crippen LogP contribution in [0.15, 0.2) is 36.5 Å². The van der Waals surface area contributed by atoms with Crippen LogP contribution in [0.2, 0.25) is 0 Å². The molecule has 0 saturated carbocycles. The Balaban J connectivity index is 3.12. The van der Waals surface area contributed by atoms with E-state index in [0.717, 1.165) is 6.42 Å². The van der Waals surface area contributed by atoms with E-state index in [0.29, 0.717) is 0 Å². The molecule has 0 radical (unpaired) electrons. The first kappa shape index (κ1) is 22.7. The molecule has 0 aliphatic carbocycles. The third-order valence-corrected chi connectivity index (χ3v) is 4.13. The van der Waals surface area contributed by atoms with E-state index in [1.165, 1.54) is 89.5 Å². The summed E-state index contributed by atoms with van der Waals surface area (Å²) in [6, 6.07) is 0. The van der Waals surface area contributed by atoms with Gasteiger partial charge in [-0.05, 0) is 32.1 Å².